The Morgan fingerprint density at radius 2 is 1.71 bits per heavy atom. The van der Waals surface area contributed by atoms with Crippen molar-refractivity contribution < 1.29 is 28.7 Å². The number of amides is 3. The molecule has 0 aliphatic rings. The monoisotopic (exact) mass is 506 g/mol. The van der Waals surface area contributed by atoms with Gasteiger partial charge in [-0.25, -0.2) is 9.59 Å². The minimum absolute atomic E-state index is 0.207. The zero-order valence-electron chi connectivity index (χ0n) is 20.9. The Kier molecular flexibility index (Phi) is 10.00. The molecule has 0 spiro atoms. The number of benzene rings is 1. The van der Waals surface area contributed by atoms with E-state index in [4.69, 9.17) is 9.47 Å². The fourth-order valence-electron chi connectivity index (χ4n) is 3.33. The van der Waals surface area contributed by atoms with Crippen molar-refractivity contribution in [3.63, 3.8) is 0 Å². The van der Waals surface area contributed by atoms with Crippen LogP contribution in [-0.4, -0.2) is 71.7 Å². The van der Waals surface area contributed by atoms with Crippen LogP contribution in [0.2, 0.25) is 0 Å². The molecule has 35 heavy (non-hydrogen) atoms. The molecule has 192 valence electrons. The lowest BCUT2D eigenvalue weighted by atomic mass is 10.0. The molecule has 1 heterocycles. The van der Waals surface area contributed by atoms with Gasteiger partial charge in [-0.1, -0.05) is 18.2 Å². The van der Waals surface area contributed by atoms with E-state index in [-0.39, 0.29) is 12.2 Å². The summed E-state index contributed by atoms with van der Waals surface area (Å²) in [5.74, 6) is -1.42. The van der Waals surface area contributed by atoms with Crippen molar-refractivity contribution in [1.82, 2.24) is 20.9 Å². The Morgan fingerprint density at radius 3 is 2.34 bits per heavy atom. The lowest BCUT2D eigenvalue weighted by Gasteiger charge is -2.24. The lowest BCUT2D eigenvalue weighted by molar-refractivity contribution is -0.145. The Morgan fingerprint density at radius 1 is 1.03 bits per heavy atom. The van der Waals surface area contributed by atoms with Gasteiger partial charge in [0.25, 0.3) is 0 Å². The number of rotatable bonds is 10. The Balaban J connectivity index is 2.04. The van der Waals surface area contributed by atoms with Gasteiger partial charge in [0.05, 0.1) is 7.11 Å². The van der Waals surface area contributed by atoms with E-state index >= 15 is 0 Å². The smallest absolute Gasteiger partial charge is 0.408 e. The normalized spacial score (nSPS) is 13.9. The highest BCUT2D eigenvalue weighted by atomic mass is 32.2. The summed E-state index contributed by atoms with van der Waals surface area (Å²) in [4.78, 5) is 53.2. The van der Waals surface area contributed by atoms with E-state index in [1.54, 1.807) is 33.2 Å². The number of methoxy groups -OCH3 is 1. The molecular formula is C24H34N4O6S. The van der Waals surface area contributed by atoms with E-state index in [0.29, 0.717) is 0 Å². The molecule has 2 aromatic rings. The zero-order valence-corrected chi connectivity index (χ0v) is 21.7. The topological polar surface area (TPSA) is 139 Å². The van der Waals surface area contributed by atoms with Crippen LogP contribution in [-0.2, 0) is 30.3 Å². The van der Waals surface area contributed by atoms with Crippen LogP contribution >= 0.6 is 11.8 Å². The second-order valence-electron chi connectivity index (χ2n) is 9.03. The molecule has 4 N–H and O–H groups in total. The fraction of sp³-hybridized carbons (Fsp3) is 0.500. The maximum absolute atomic E-state index is 12.8. The van der Waals surface area contributed by atoms with Gasteiger partial charge < -0.3 is 30.4 Å². The number of aromatic nitrogens is 1. The number of ether oxygens (including phenoxy) is 2. The van der Waals surface area contributed by atoms with Crippen LogP contribution in [0.25, 0.3) is 10.9 Å². The third-order valence-corrected chi connectivity index (χ3v) is 5.66. The first-order valence-corrected chi connectivity index (χ1v) is 12.6. The molecule has 1 aromatic carbocycles. The summed E-state index contributed by atoms with van der Waals surface area (Å²) < 4.78 is 10.1. The molecule has 0 unspecified atom stereocenters. The quantitative estimate of drug-likeness (QED) is 0.362. The van der Waals surface area contributed by atoms with Crippen molar-refractivity contribution >= 4 is 46.5 Å². The number of fused-ring (bicyclic) bond motifs is 1. The highest BCUT2D eigenvalue weighted by Gasteiger charge is 2.29. The molecule has 3 atom stereocenters. The highest BCUT2D eigenvalue weighted by Crippen LogP contribution is 2.19. The van der Waals surface area contributed by atoms with Crippen molar-refractivity contribution in [3.8, 4) is 0 Å². The molecular weight excluding hydrogens is 472 g/mol. The van der Waals surface area contributed by atoms with Crippen LogP contribution in [0.5, 0.6) is 0 Å². The number of nitrogens with one attached hydrogen (secondary N) is 4. The molecule has 11 heteroatoms. The highest BCUT2D eigenvalue weighted by molar-refractivity contribution is 7.98. The van der Waals surface area contributed by atoms with Gasteiger partial charge in [0.15, 0.2) is 0 Å². The third kappa shape index (κ3) is 8.50. The minimum Gasteiger partial charge on any atom is -0.467 e. The molecule has 3 amide bonds. The van der Waals surface area contributed by atoms with Crippen LogP contribution in [0, 0.1) is 0 Å². The first kappa shape index (κ1) is 28.0. The molecule has 1 aromatic heterocycles. The van der Waals surface area contributed by atoms with E-state index in [1.165, 1.54) is 25.8 Å². The van der Waals surface area contributed by atoms with Gasteiger partial charge in [0.1, 0.15) is 23.7 Å². The number of esters is 1. The summed E-state index contributed by atoms with van der Waals surface area (Å²) >= 11 is 1.36. The van der Waals surface area contributed by atoms with E-state index in [9.17, 15) is 19.2 Å². The second-order valence-corrected chi connectivity index (χ2v) is 9.94. The van der Waals surface area contributed by atoms with E-state index in [1.807, 2.05) is 24.3 Å². The minimum atomic E-state index is -0.970. The van der Waals surface area contributed by atoms with Gasteiger partial charge in [-0.2, -0.15) is 11.8 Å². The number of thioether (sulfide) groups is 1. The molecule has 0 aliphatic carbocycles. The number of H-pyrrole nitrogens is 1. The number of hydrogen-bond acceptors (Lipinski definition) is 7. The van der Waals surface area contributed by atoms with E-state index in [0.717, 1.165) is 16.5 Å². The standard InChI is InChI=1S/C24H34N4O6S/c1-14(26-21(30)19(13-35-6)28-23(32)34-24(2,3)4)20(29)27-18(22(31)33-5)11-15-12-25-17-10-8-7-9-16(15)17/h7-10,12,14,18-19,25H,11,13H2,1-6H3,(H,26,30)(H,27,29)(H,28,32)/t14-,18-,19-/m0/s1. The van der Waals surface area contributed by atoms with Crippen molar-refractivity contribution in [3.05, 3.63) is 36.0 Å². The number of para-hydroxylation sites is 1. The largest absolute Gasteiger partial charge is 0.467 e. The average Bonchev–Trinajstić information content (AvgIpc) is 3.19. The van der Waals surface area contributed by atoms with Gasteiger partial charge in [-0.15, -0.1) is 0 Å². The first-order valence-electron chi connectivity index (χ1n) is 11.2. The molecule has 10 nitrogen and oxygen atoms in total. The fourth-order valence-corrected chi connectivity index (χ4v) is 3.90. The molecule has 0 saturated carbocycles. The van der Waals surface area contributed by atoms with Gasteiger partial charge in [0, 0.05) is 29.3 Å². The predicted octanol–water partition coefficient (Wildman–Crippen LogP) is 2.13. The number of carbonyl (C=O) groups excluding carboxylic acids is 4. The van der Waals surface area contributed by atoms with Crippen molar-refractivity contribution in [2.45, 2.75) is 57.8 Å². The summed E-state index contributed by atoms with van der Waals surface area (Å²) in [5, 5.41) is 8.72. The van der Waals surface area contributed by atoms with Crippen molar-refractivity contribution in [2.24, 2.45) is 0 Å². The maximum Gasteiger partial charge on any atom is 0.408 e. The number of carbonyl (C=O) groups is 4. The number of alkyl carbamates (subject to hydrolysis) is 1. The Labute approximate surface area is 209 Å². The SMILES string of the molecule is COC(=O)[C@H](Cc1c[nH]c2ccccc12)NC(=O)[C@H](C)NC(=O)[C@H](CSC)NC(=O)OC(C)(C)C. The zero-order chi connectivity index (χ0) is 26.2. The van der Waals surface area contributed by atoms with Gasteiger partial charge in [0.2, 0.25) is 11.8 Å². The first-order chi connectivity index (χ1) is 16.4. The molecule has 0 aliphatic heterocycles. The second kappa shape index (κ2) is 12.5. The lowest BCUT2D eigenvalue weighted by Crippen LogP contribution is -2.56. The van der Waals surface area contributed by atoms with Crippen LogP contribution in [0.3, 0.4) is 0 Å². The summed E-state index contributed by atoms with van der Waals surface area (Å²) in [6.07, 6.45) is 3.05. The number of hydrogen-bond donors (Lipinski definition) is 4. The summed E-state index contributed by atoms with van der Waals surface area (Å²) in [6, 6.07) is 4.80. The summed E-state index contributed by atoms with van der Waals surface area (Å²) in [5.41, 5.74) is 1.04. The maximum atomic E-state index is 12.8. The van der Waals surface area contributed by atoms with Gasteiger partial charge in [-0.05, 0) is 45.6 Å². The van der Waals surface area contributed by atoms with Crippen LogP contribution < -0.4 is 16.0 Å². The predicted molar refractivity (Wildman–Crippen MR) is 135 cm³/mol. The third-order valence-electron chi connectivity index (χ3n) is 4.99. The molecule has 0 saturated heterocycles. The summed E-state index contributed by atoms with van der Waals surface area (Å²) in [7, 11) is 1.25. The van der Waals surface area contributed by atoms with Crippen molar-refractivity contribution in [2.75, 3.05) is 19.1 Å². The van der Waals surface area contributed by atoms with Crippen LogP contribution in [0.15, 0.2) is 30.5 Å². The van der Waals surface area contributed by atoms with Gasteiger partial charge >= 0.3 is 12.1 Å². The Hall–Kier alpha value is -3.21. The molecule has 0 radical (unpaired) electrons. The van der Waals surface area contributed by atoms with E-state index < -0.39 is 47.6 Å². The van der Waals surface area contributed by atoms with E-state index in [2.05, 4.69) is 20.9 Å². The number of aromatic amines is 1. The average molecular weight is 507 g/mol. The summed E-state index contributed by atoms with van der Waals surface area (Å²) in [6.45, 7) is 6.65. The molecule has 2 rings (SSSR count). The molecule has 0 bridgehead atoms. The van der Waals surface area contributed by atoms with Crippen LogP contribution in [0.1, 0.15) is 33.3 Å². The van der Waals surface area contributed by atoms with Gasteiger partial charge in [-0.3, -0.25) is 9.59 Å². The van der Waals surface area contributed by atoms with Crippen molar-refractivity contribution in [1.29, 1.82) is 0 Å². The molecule has 0 fully saturated rings. The Bertz CT molecular complexity index is 1050. The van der Waals surface area contributed by atoms with Crippen LogP contribution in [0.4, 0.5) is 4.79 Å².